The SMILES string of the molecule is O=CC1CN(C(=O)OCc2ccccc2)CCO1. The van der Waals surface area contributed by atoms with E-state index in [1.54, 1.807) is 0 Å². The molecule has 0 bridgehead atoms. The molecule has 1 atom stereocenters. The van der Waals surface area contributed by atoms with Gasteiger partial charge in [0, 0.05) is 6.54 Å². The van der Waals surface area contributed by atoms with Crippen LogP contribution in [0.3, 0.4) is 0 Å². The van der Waals surface area contributed by atoms with Crippen molar-refractivity contribution in [3.63, 3.8) is 0 Å². The van der Waals surface area contributed by atoms with E-state index in [4.69, 9.17) is 9.47 Å². The standard InChI is InChI=1S/C13H15NO4/c15-9-12-8-14(6-7-17-12)13(16)18-10-11-4-2-1-3-5-11/h1-5,9,12H,6-8,10H2. The molecule has 96 valence electrons. The number of hydrogen-bond acceptors (Lipinski definition) is 4. The number of aldehydes is 1. The Morgan fingerprint density at radius 1 is 1.44 bits per heavy atom. The van der Waals surface area contributed by atoms with Crippen molar-refractivity contribution in [3.8, 4) is 0 Å². The smallest absolute Gasteiger partial charge is 0.410 e. The first-order valence-electron chi connectivity index (χ1n) is 5.82. The number of carbonyl (C=O) groups is 2. The Morgan fingerprint density at radius 2 is 2.22 bits per heavy atom. The lowest BCUT2D eigenvalue weighted by Gasteiger charge is -2.29. The van der Waals surface area contributed by atoms with Gasteiger partial charge in [-0.1, -0.05) is 30.3 Å². The van der Waals surface area contributed by atoms with Gasteiger partial charge in [-0.15, -0.1) is 0 Å². The van der Waals surface area contributed by atoms with Crippen molar-refractivity contribution in [3.05, 3.63) is 35.9 Å². The molecule has 0 aliphatic carbocycles. The third-order valence-electron chi connectivity index (χ3n) is 2.71. The molecule has 0 N–H and O–H groups in total. The van der Waals surface area contributed by atoms with Crippen molar-refractivity contribution >= 4 is 12.4 Å². The average molecular weight is 249 g/mol. The molecule has 0 radical (unpaired) electrons. The average Bonchev–Trinajstić information content (AvgIpc) is 2.46. The number of amides is 1. The van der Waals surface area contributed by atoms with Crippen LogP contribution in [0.2, 0.25) is 0 Å². The normalized spacial score (nSPS) is 19.3. The number of benzene rings is 1. The van der Waals surface area contributed by atoms with Crippen LogP contribution < -0.4 is 0 Å². The monoisotopic (exact) mass is 249 g/mol. The number of morpholine rings is 1. The van der Waals surface area contributed by atoms with E-state index < -0.39 is 12.2 Å². The van der Waals surface area contributed by atoms with Gasteiger partial charge in [0.2, 0.25) is 0 Å². The van der Waals surface area contributed by atoms with E-state index in [1.807, 2.05) is 30.3 Å². The summed E-state index contributed by atoms with van der Waals surface area (Å²) in [5, 5.41) is 0. The van der Waals surface area contributed by atoms with Crippen molar-refractivity contribution in [2.75, 3.05) is 19.7 Å². The molecule has 5 heteroatoms. The second-order valence-electron chi connectivity index (χ2n) is 4.03. The molecule has 18 heavy (non-hydrogen) atoms. The van der Waals surface area contributed by atoms with Gasteiger partial charge in [-0.3, -0.25) is 0 Å². The molecular formula is C13H15NO4. The van der Waals surface area contributed by atoms with Crippen LogP contribution in [-0.4, -0.2) is 43.1 Å². The van der Waals surface area contributed by atoms with Crippen molar-refractivity contribution in [1.29, 1.82) is 0 Å². The Bertz CT molecular complexity index is 407. The number of ether oxygens (including phenoxy) is 2. The Labute approximate surface area is 105 Å². The number of nitrogens with zero attached hydrogens (tertiary/aromatic N) is 1. The largest absolute Gasteiger partial charge is 0.445 e. The summed E-state index contributed by atoms with van der Waals surface area (Å²) in [4.78, 5) is 23.9. The molecule has 5 nitrogen and oxygen atoms in total. The summed E-state index contributed by atoms with van der Waals surface area (Å²) in [6.07, 6.45) is -0.242. The molecule has 1 heterocycles. The summed E-state index contributed by atoms with van der Waals surface area (Å²) in [6, 6.07) is 9.46. The number of rotatable bonds is 3. The first-order valence-corrected chi connectivity index (χ1v) is 5.82. The molecule has 1 aromatic rings. The summed E-state index contributed by atoms with van der Waals surface area (Å²) >= 11 is 0. The maximum atomic E-state index is 11.8. The number of carbonyl (C=O) groups excluding carboxylic acids is 2. The topological polar surface area (TPSA) is 55.8 Å². The summed E-state index contributed by atoms with van der Waals surface area (Å²) in [5.41, 5.74) is 0.936. The molecule has 1 unspecified atom stereocenters. The number of hydrogen-bond donors (Lipinski definition) is 0. The van der Waals surface area contributed by atoms with Gasteiger partial charge in [0.15, 0.2) is 6.29 Å². The maximum Gasteiger partial charge on any atom is 0.410 e. The summed E-state index contributed by atoms with van der Waals surface area (Å²) in [7, 11) is 0. The molecular weight excluding hydrogens is 234 g/mol. The van der Waals surface area contributed by atoms with Crippen LogP contribution in [-0.2, 0) is 20.9 Å². The van der Waals surface area contributed by atoms with Crippen molar-refractivity contribution in [1.82, 2.24) is 4.90 Å². The molecule has 1 aliphatic rings. The third kappa shape index (κ3) is 3.30. The van der Waals surface area contributed by atoms with Crippen LogP contribution in [0.25, 0.3) is 0 Å². The maximum absolute atomic E-state index is 11.8. The minimum Gasteiger partial charge on any atom is -0.445 e. The second-order valence-corrected chi connectivity index (χ2v) is 4.03. The first kappa shape index (κ1) is 12.6. The van der Waals surface area contributed by atoms with Gasteiger partial charge >= 0.3 is 6.09 Å². The molecule has 1 fully saturated rings. The highest BCUT2D eigenvalue weighted by Crippen LogP contribution is 2.07. The highest BCUT2D eigenvalue weighted by molar-refractivity contribution is 5.69. The van der Waals surface area contributed by atoms with Gasteiger partial charge in [-0.2, -0.15) is 0 Å². The Balaban J connectivity index is 1.82. The Morgan fingerprint density at radius 3 is 2.94 bits per heavy atom. The second kappa shape index (κ2) is 6.16. The van der Waals surface area contributed by atoms with E-state index in [0.29, 0.717) is 19.4 Å². The fourth-order valence-electron chi connectivity index (χ4n) is 1.73. The Kier molecular flexibility index (Phi) is 4.30. The van der Waals surface area contributed by atoms with Gasteiger partial charge in [-0.25, -0.2) is 4.79 Å². The minimum absolute atomic E-state index is 0.239. The molecule has 1 amide bonds. The van der Waals surface area contributed by atoms with E-state index in [9.17, 15) is 9.59 Å². The molecule has 1 aromatic carbocycles. The zero-order valence-corrected chi connectivity index (χ0v) is 9.95. The summed E-state index contributed by atoms with van der Waals surface area (Å²) < 4.78 is 10.3. The third-order valence-corrected chi connectivity index (χ3v) is 2.71. The predicted molar refractivity (Wildman–Crippen MR) is 64.0 cm³/mol. The molecule has 1 saturated heterocycles. The molecule has 0 aromatic heterocycles. The summed E-state index contributed by atoms with van der Waals surface area (Å²) in [5.74, 6) is 0. The van der Waals surface area contributed by atoms with E-state index in [1.165, 1.54) is 4.90 Å². The lowest BCUT2D eigenvalue weighted by molar-refractivity contribution is -0.122. The van der Waals surface area contributed by atoms with E-state index in [2.05, 4.69) is 0 Å². The quantitative estimate of drug-likeness (QED) is 0.756. The van der Waals surface area contributed by atoms with Gasteiger partial charge in [-0.05, 0) is 5.56 Å². The minimum atomic E-state index is -0.539. The fourth-order valence-corrected chi connectivity index (χ4v) is 1.73. The van der Waals surface area contributed by atoms with E-state index >= 15 is 0 Å². The van der Waals surface area contributed by atoms with Crippen LogP contribution in [0.15, 0.2) is 30.3 Å². The van der Waals surface area contributed by atoms with Crippen molar-refractivity contribution in [2.24, 2.45) is 0 Å². The van der Waals surface area contributed by atoms with Crippen LogP contribution in [0.5, 0.6) is 0 Å². The van der Waals surface area contributed by atoms with Crippen molar-refractivity contribution in [2.45, 2.75) is 12.7 Å². The zero-order chi connectivity index (χ0) is 12.8. The van der Waals surface area contributed by atoms with Crippen LogP contribution in [0.1, 0.15) is 5.56 Å². The molecule has 2 rings (SSSR count). The van der Waals surface area contributed by atoms with Gasteiger partial charge in [0.25, 0.3) is 0 Å². The van der Waals surface area contributed by atoms with Gasteiger partial charge in [0.1, 0.15) is 12.7 Å². The van der Waals surface area contributed by atoms with E-state index in [0.717, 1.165) is 5.56 Å². The molecule has 0 spiro atoms. The highest BCUT2D eigenvalue weighted by Gasteiger charge is 2.24. The molecule has 1 aliphatic heterocycles. The summed E-state index contributed by atoms with van der Waals surface area (Å²) in [6.45, 7) is 1.32. The highest BCUT2D eigenvalue weighted by atomic mass is 16.6. The van der Waals surface area contributed by atoms with Crippen molar-refractivity contribution < 1.29 is 19.1 Å². The lowest BCUT2D eigenvalue weighted by atomic mass is 10.2. The Hall–Kier alpha value is -1.88. The zero-order valence-electron chi connectivity index (χ0n) is 9.95. The fraction of sp³-hybridized carbons (Fsp3) is 0.385. The van der Waals surface area contributed by atoms with Crippen LogP contribution in [0.4, 0.5) is 4.79 Å². The van der Waals surface area contributed by atoms with Gasteiger partial charge in [0.05, 0.1) is 13.2 Å². The molecule has 0 saturated carbocycles. The first-order chi connectivity index (χ1) is 8.79. The lowest BCUT2D eigenvalue weighted by Crippen LogP contribution is -2.46. The van der Waals surface area contributed by atoms with Crippen LogP contribution >= 0.6 is 0 Å². The van der Waals surface area contributed by atoms with Gasteiger partial charge < -0.3 is 19.2 Å². The van der Waals surface area contributed by atoms with Crippen LogP contribution in [0, 0.1) is 0 Å². The van der Waals surface area contributed by atoms with E-state index in [-0.39, 0.29) is 13.2 Å². The predicted octanol–water partition coefficient (Wildman–Crippen LogP) is 1.22.